The lowest BCUT2D eigenvalue weighted by atomic mass is 10.1. The number of nitro benzene ring substituents is 1. The Bertz CT molecular complexity index is 775. The lowest BCUT2D eigenvalue weighted by Gasteiger charge is -2.08. The van der Waals surface area contributed by atoms with Gasteiger partial charge in [-0.2, -0.15) is 5.10 Å². The number of amides is 1. The molecule has 0 saturated heterocycles. The summed E-state index contributed by atoms with van der Waals surface area (Å²) in [5.41, 5.74) is 4.01. The van der Waals surface area contributed by atoms with E-state index in [2.05, 4.69) is 17.5 Å². The summed E-state index contributed by atoms with van der Waals surface area (Å²) in [5.74, 6) is -0.432. The number of unbranched alkanes of at least 4 members (excludes halogenated alkanes) is 1. The highest BCUT2D eigenvalue weighted by Crippen LogP contribution is 2.25. The molecule has 2 rings (SSSR count). The van der Waals surface area contributed by atoms with Gasteiger partial charge in [-0.05, 0) is 24.5 Å². The maximum atomic E-state index is 12.0. The highest BCUT2D eigenvalue weighted by Gasteiger charge is 2.15. The first-order valence-corrected chi connectivity index (χ1v) is 8.39. The third-order valence-electron chi connectivity index (χ3n) is 3.61. The van der Waals surface area contributed by atoms with Crippen LogP contribution in [0, 0.1) is 10.1 Å². The molecule has 0 saturated carbocycles. The SMILES string of the molecule is CCCC/C(=N/NC(=O)COc1ccccc1[N+](=O)[O-])c1ccccc1. The first kappa shape index (κ1) is 19.1. The van der Waals surface area contributed by atoms with Crippen LogP contribution in [0.4, 0.5) is 5.69 Å². The van der Waals surface area contributed by atoms with Gasteiger partial charge in [-0.15, -0.1) is 0 Å². The van der Waals surface area contributed by atoms with E-state index in [4.69, 9.17) is 4.74 Å². The first-order valence-electron chi connectivity index (χ1n) is 8.39. The van der Waals surface area contributed by atoms with E-state index in [0.717, 1.165) is 30.5 Å². The summed E-state index contributed by atoms with van der Waals surface area (Å²) in [6, 6.07) is 15.5. The summed E-state index contributed by atoms with van der Waals surface area (Å²) >= 11 is 0. The minimum atomic E-state index is -0.552. The van der Waals surface area contributed by atoms with Crippen LogP contribution in [0.3, 0.4) is 0 Å². The third-order valence-corrected chi connectivity index (χ3v) is 3.61. The monoisotopic (exact) mass is 355 g/mol. The number of ether oxygens (including phenoxy) is 1. The molecular formula is C19H21N3O4. The molecule has 2 aromatic carbocycles. The summed E-state index contributed by atoms with van der Waals surface area (Å²) in [4.78, 5) is 22.4. The quantitative estimate of drug-likeness (QED) is 0.422. The second kappa shape index (κ2) is 9.93. The third kappa shape index (κ3) is 5.70. The molecular weight excluding hydrogens is 334 g/mol. The zero-order chi connectivity index (χ0) is 18.8. The van der Waals surface area contributed by atoms with Crippen LogP contribution in [0.25, 0.3) is 0 Å². The lowest BCUT2D eigenvalue weighted by molar-refractivity contribution is -0.385. The molecule has 0 atom stereocenters. The Balaban J connectivity index is 1.99. The van der Waals surface area contributed by atoms with Crippen LogP contribution in [0.15, 0.2) is 59.7 Å². The standard InChI is InChI=1S/C19H21N3O4/c1-2-3-11-16(15-9-5-4-6-10-15)20-21-19(23)14-26-18-13-8-7-12-17(18)22(24)25/h4-10,12-13H,2-3,11,14H2,1H3,(H,21,23)/b20-16-. The normalized spacial score (nSPS) is 11.0. The number of benzene rings is 2. The van der Waals surface area contributed by atoms with Crippen LogP contribution in [0.1, 0.15) is 31.7 Å². The molecule has 0 aliphatic heterocycles. The molecule has 26 heavy (non-hydrogen) atoms. The Kier molecular flexibility index (Phi) is 7.30. The van der Waals surface area contributed by atoms with Crippen LogP contribution in [0.5, 0.6) is 5.75 Å². The first-order chi connectivity index (χ1) is 12.6. The van der Waals surface area contributed by atoms with E-state index in [1.807, 2.05) is 30.3 Å². The van der Waals surface area contributed by atoms with Gasteiger partial charge >= 0.3 is 5.69 Å². The predicted molar refractivity (Wildman–Crippen MR) is 99.2 cm³/mol. The molecule has 0 bridgehead atoms. The van der Waals surface area contributed by atoms with E-state index >= 15 is 0 Å². The fourth-order valence-corrected chi connectivity index (χ4v) is 2.28. The van der Waals surface area contributed by atoms with Gasteiger partial charge in [0.15, 0.2) is 12.4 Å². The number of hydrazone groups is 1. The van der Waals surface area contributed by atoms with Gasteiger partial charge in [0.05, 0.1) is 10.6 Å². The Morgan fingerprint density at radius 2 is 1.85 bits per heavy atom. The molecule has 2 aromatic rings. The summed E-state index contributed by atoms with van der Waals surface area (Å²) in [6.07, 6.45) is 2.71. The molecule has 7 nitrogen and oxygen atoms in total. The topological polar surface area (TPSA) is 93.8 Å². The fourth-order valence-electron chi connectivity index (χ4n) is 2.28. The van der Waals surface area contributed by atoms with Crippen LogP contribution in [0.2, 0.25) is 0 Å². The zero-order valence-electron chi connectivity index (χ0n) is 14.6. The number of para-hydroxylation sites is 2. The molecule has 0 aliphatic carbocycles. The molecule has 0 fully saturated rings. The molecule has 0 spiro atoms. The van der Waals surface area contributed by atoms with Gasteiger partial charge in [0.1, 0.15) is 0 Å². The molecule has 0 heterocycles. The summed E-state index contributed by atoms with van der Waals surface area (Å²) in [6.45, 7) is 1.73. The highest BCUT2D eigenvalue weighted by molar-refractivity contribution is 6.01. The molecule has 0 unspecified atom stereocenters. The predicted octanol–water partition coefficient (Wildman–Crippen LogP) is 3.68. The van der Waals surface area contributed by atoms with Crippen molar-refractivity contribution >= 4 is 17.3 Å². The molecule has 1 amide bonds. The van der Waals surface area contributed by atoms with Crippen molar-refractivity contribution in [3.63, 3.8) is 0 Å². The van der Waals surface area contributed by atoms with Crippen molar-refractivity contribution in [1.29, 1.82) is 0 Å². The summed E-state index contributed by atoms with van der Waals surface area (Å²) < 4.78 is 5.26. The second-order valence-corrected chi connectivity index (χ2v) is 5.58. The van der Waals surface area contributed by atoms with E-state index in [1.54, 1.807) is 6.07 Å². The van der Waals surface area contributed by atoms with E-state index in [9.17, 15) is 14.9 Å². The maximum absolute atomic E-state index is 12.0. The van der Waals surface area contributed by atoms with E-state index in [1.165, 1.54) is 18.2 Å². The molecule has 1 N–H and O–H groups in total. The van der Waals surface area contributed by atoms with E-state index in [0.29, 0.717) is 0 Å². The Hall–Kier alpha value is -3.22. The summed E-state index contributed by atoms with van der Waals surface area (Å²) in [7, 11) is 0. The summed E-state index contributed by atoms with van der Waals surface area (Å²) in [5, 5.41) is 15.1. The van der Waals surface area contributed by atoms with Crippen LogP contribution in [-0.2, 0) is 4.79 Å². The van der Waals surface area contributed by atoms with Crippen molar-refractivity contribution in [3.05, 3.63) is 70.3 Å². The average molecular weight is 355 g/mol. The highest BCUT2D eigenvalue weighted by atomic mass is 16.6. The van der Waals surface area contributed by atoms with Gasteiger partial charge in [-0.1, -0.05) is 55.8 Å². The van der Waals surface area contributed by atoms with Crippen LogP contribution >= 0.6 is 0 Å². The van der Waals surface area contributed by atoms with Gasteiger partial charge in [0.2, 0.25) is 0 Å². The van der Waals surface area contributed by atoms with Crippen molar-refractivity contribution in [2.75, 3.05) is 6.61 Å². The van der Waals surface area contributed by atoms with Gasteiger partial charge in [-0.25, -0.2) is 5.43 Å². The van der Waals surface area contributed by atoms with E-state index in [-0.39, 0.29) is 18.0 Å². The Morgan fingerprint density at radius 3 is 2.54 bits per heavy atom. The second-order valence-electron chi connectivity index (χ2n) is 5.58. The van der Waals surface area contributed by atoms with Gasteiger partial charge in [0, 0.05) is 6.07 Å². The minimum Gasteiger partial charge on any atom is -0.477 e. The maximum Gasteiger partial charge on any atom is 0.310 e. The average Bonchev–Trinajstić information content (AvgIpc) is 2.67. The van der Waals surface area contributed by atoms with Gasteiger partial charge in [0.25, 0.3) is 5.91 Å². The zero-order valence-corrected chi connectivity index (χ0v) is 14.6. The van der Waals surface area contributed by atoms with Crippen molar-refractivity contribution in [2.45, 2.75) is 26.2 Å². The number of hydrogen-bond acceptors (Lipinski definition) is 5. The molecule has 7 heteroatoms. The van der Waals surface area contributed by atoms with Crippen molar-refractivity contribution < 1.29 is 14.5 Å². The number of carbonyl (C=O) groups is 1. The number of hydrogen-bond donors (Lipinski definition) is 1. The van der Waals surface area contributed by atoms with Crippen molar-refractivity contribution in [1.82, 2.24) is 5.43 Å². The number of carbonyl (C=O) groups excluding carboxylic acids is 1. The largest absolute Gasteiger partial charge is 0.477 e. The van der Waals surface area contributed by atoms with Gasteiger partial charge in [-0.3, -0.25) is 14.9 Å². The minimum absolute atomic E-state index is 0.0471. The Morgan fingerprint density at radius 1 is 1.15 bits per heavy atom. The number of rotatable bonds is 9. The van der Waals surface area contributed by atoms with Crippen LogP contribution < -0.4 is 10.2 Å². The van der Waals surface area contributed by atoms with Crippen molar-refractivity contribution in [3.8, 4) is 5.75 Å². The molecule has 0 aromatic heterocycles. The molecule has 0 radical (unpaired) electrons. The number of nitrogens with one attached hydrogen (secondary N) is 1. The number of nitrogens with zero attached hydrogens (tertiary/aromatic N) is 2. The van der Waals surface area contributed by atoms with E-state index < -0.39 is 10.8 Å². The molecule has 0 aliphatic rings. The smallest absolute Gasteiger partial charge is 0.310 e. The fraction of sp³-hybridized carbons (Fsp3) is 0.263. The number of nitro groups is 1. The van der Waals surface area contributed by atoms with Crippen molar-refractivity contribution in [2.24, 2.45) is 5.10 Å². The Labute approximate surface area is 151 Å². The lowest BCUT2D eigenvalue weighted by Crippen LogP contribution is -2.26. The van der Waals surface area contributed by atoms with Crippen LogP contribution in [-0.4, -0.2) is 23.1 Å². The molecule has 136 valence electrons. The van der Waals surface area contributed by atoms with Gasteiger partial charge < -0.3 is 4.74 Å².